The van der Waals surface area contributed by atoms with Crippen molar-refractivity contribution in [3.63, 3.8) is 0 Å². The number of carbonyl (C=O) groups is 1. The Hall–Kier alpha value is -2.38. The molecule has 0 fully saturated rings. The van der Waals surface area contributed by atoms with E-state index in [9.17, 15) is 13.6 Å². The highest BCUT2D eigenvalue weighted by Crippen LogP contribution is 2.31. The van der Waals surface area contributed by atoms with Gasteiger partial charge in [-0.2, -0.15) is 0 Å². The van der Waals surface area contributed by atoms with Crippen LogP contribution in [-0.4, -0.2) is 16.1 Å². The van der Waals surface area contributed by atoms with Gasteiger partial charge in [0.25, 0.3) is 5.91 Å². The molecule has 1 aromatic heterocycles. The molecular weight excluding hydrogens is 344 g/mol. The minimum Gasteiger partial charge on any atom is -0.296 e. The Morgan fingerprint density at radius 3 is 2.43 bits per heavy atom. The van der Waals surface area contributed by atoms with Gasteiger partial charge in [0, 0.05) is 5.56 Å². The zero-order valence-corrected chi connectivity index (χ0v) is 13.0. The van der Waals surface area contributed by atoms with Crippen LogP contribution in [0.2, 0.25) is 5.02 Å². The van der Waals surface area contributed by atoms with Crippen LogP contribution >= 0.6 is 22.9 Å². The van der Waals surface area contributed by atoms with E-state index in [1.165, 1.54) is 6.07 Å². The fourth-order valence-corrected chi connectivity index (χ4v) is 2.95. The number of carbonyl (C=O) groups excluding carboxylic acids is 1. The molecule has 0 aliphatic heterocycles. The van der Waals surface area contributed by atoms with Crippen LogP contribution in [0.3, 0.4) is 0 Å². The van der Waals surface area contributed by atoms with E-state index in [-0.39, 0.29) is 5.13 Å². The van der Waals surface area contributed by atoms with Gasteiger partial charge in [-0.15, -0.1) is 10.2 Å². The van der Waals surface area contributed by atoms with Crippen molar-refractivity contribution >= 4 is 34.0 Å². The van der Waals surface area contributed by atoms with E-state index in [1.54, 1.807) is 24.3 Å². The number of amides is 1. The first kappa shape index (κ1) is 15.5. The predicted octanol–water partition coefficient (Wildman–Crippen LogP) is 4.39. The first-order valence-corrected chi connectivity index (χ1v) is 7.59. The van der Waals surface area contributed by atoms with Gasteiger partial charge in [0.1, 0.15) is 17.2 Å². The smallest absolute Gasteiger partial charge is 0.263 e. The lowest BCUT2D eigenvalue weighted by Crippen LogP contribution is -2.15. The largest absolute Gasteiger partial charge is 0.296 e. The van der Waals surface area contributed by atoms with Crippen LogP contribution in [0, 0.1) is 11.6 Å². The van der Waals surface area contributed by atoms with Crippen LogP contribution < -0.4 is 5.32 Å². The van der Waals surface area contributed by atoms with Crippen molar-refractivity contribution < 1.29 is 13.6 Å². The van der Waals surface area contributed by atoms with Crippen molar-refractivity contribution in [2.75, 3.05) is 5.32 Å². The highest BCUT2D eigenvalue weighted by Gasteiger charge is 2.19. The number of hydrogen-bond acceptors (Lipinski definition) is 4. The Morgan fingerprint density at radius 1 is 1.04 bits per heavy atom. The molecule has 1 amide bonds. The second-order valence-corrected chi connectivity index (χ2v) is 5.83. The van der Waals surface area contributed by atoms with Crippen molar-refractivity contribution in [2.24, 2.45) is 0 Å². The van der Waals surface area contributed by atoms with Crippen LogP contribution in [0.15, 0.2) is 42.5 Å². The topological polar surface area (TPSA) is 54.9 Å². The molecule has 0 aliphatic rings. The Balaban J connectivity index is 1.85. The Kier molecular flexibility index (Phi) is 4.31. The molecular formula is C15H8ClF2N3OS. The van der Waals surface area contributed by atoms with Crippen molar-refractivity contribution in [2.45, 2.75) is 0 Å². The second kappa shape index (κ2) is 6.39. The summed E-state index contributed by atoms with van der Waals surface area (Å²) in [5.74, 6) is -2.82. The van der Waals surface area contributed by atoms with Gasteiger partial charge in [-0.05, 0) is 18.2 Å². The third-order valence-corrected chi connectivity index (χ3v) is 4.14. The molecule has 3 aromatic rings. The van der Waals surface area contributed by atoms with Crippen molar-refractivity contribution in [1.29, 1.82) is 0 Å². The molecule has 0 bridgehead atoms. The predicted molar refractivity (Wildman–Crippen MR) is 84.7 cm³/mol. The number of benzene rings is 2. The van der Waals surface area contributed by atoms with Crippen LogP contribution in [0.1, 0.15) is 10.4 Å². The molecule has 23 heavy (non-hydrogen) atoms. The average molecular weight is 352 g/mol. The lowest BCUT2D eigenvalue weighted by Gasteiger charge is -2.03. The van der Waals surface area contributed by atoms with E-state index >= 15 is 0 Å². The molecule has 2 aromatic carbocycles. The minimum atomic E-state index is -0.946. The lowest BCUT2D eigenvalue weighted by molar-refractivity contribution is 0.101. The molecule has 0 saturated carbocycles. The van der Waals surface area contributed by atoms with E-state index in [4.69, 9.17) is 11.6 Å². The van der Waals surface area contributed by atoms with Crippen molar-refractivity contribution in [1.82, 2.24) is 10.2 Å². The highest BCUT2D eigenvalue weighted by atomic mass is 35.5. The molecule has 0 spiro atoms. The lowest BCUT2D eigenvalue weighted by atomic mass is 10.2. The first-order valence-electron chi connectivity index (χ1n) is 6.40. The molecule has 4 nitrogen and oxygen atoms in total. The SMILES string of the molecule is O=C(Nc1nnc(-c2ccccc2Cl)s1)c1c(F)cccc1F. The minimum absolute atomic E-state index is 0.118. The summed E-state index contributed by atoms with van der Waals surface area (Å²) in [6.07, 6.45) is 0. The number of nitrogens with zero attached hydrogens (tertiary/aromatic N) is 2. The quantitative estimate of drug-likeness (QED) is 0.761. The average Bonchev–Trinajstić information content (AvgIpc) is 2.95. The second-order valence-electron chi connectivity index (χ2n) is 4.44. The third-order valence-electron chi connectivity index (χ3n) is 2.94. The standard InChI is InChI=1S/C15H8ClF2N3OS/c16-9-5-2-1-4-8(9)14-20-21-15(23-14)19-13(22)12-10(17)6-3-7-11(12)18/h1-7H,(H,19,21,22). The molecule has 0 unspecified atom stereocenters. The summed E-state index contributed by atoms with van der Waals surface area (Å²) >= 11 is 7.11. The molecule has 1 heterocycles. The maximum absolute atomic E-state index is 13.6. The fraction of sp³-hybridized carbons (Fsp3) is 0. The van der Waals surface area contributed by atoms with Gasteiger partial charge in [-0.3, -0.25) is 10.1 Å². The highest BCUT2D eigenvalue weighted by molar-refractivity contribution is 7.18. The van der Waals surface area contributed by atoms with Crippen LogP contribution in [0.25, 0.3) is 10.6 Å². The van der Waals surface area contributed by atoms with Gasteiger partial charge in [-0.1, -0.05) is 47.2 Å². The zero-order chi connectivity index (χ0) is 16.4. The Labute approximate surface area is 138 Å². The monoisotopic (exact) mass is 351 g/mol. The molecule has 0 aliphatic carbocycles. The number of halogens is 3. The number of hydrogen-bond donors (Lipinski definition) is 1. The van der Waals surface area contributed by atoms with Crippen LogP contribution in [0.5, 0.6) is 0 Å². The van der Waals surface area contributed by atoms with Gasteiger partial charge in [0.15, 0.2) is 5.01 Å². The first-order chi connectivity index (χ1) is 11.1. The molecule has 3 rings (SSSR count). The van der Waals surface area contributed by atoms with E-state index < -0.39 is 23.1 Å². The summed E-state index contributed by atoms with van der Waals surface area (Å²) < 4.78 is 27.2. The Morgan fingerprint density at radius 2 is 1.74 bits per heavy atom. The van der Waals surface area contributed by atoms with Crippen molar-refractivity contribution in [3.05, 3.63) is 64.7 Å². The van der Waals surface area contributed by atoms with Crippen LogP contribution in [0.4, 0.5) is 13.9 Å². The number of anilines is 1. The molecule has 0 saturated heterocycles. The molecule has 1 N–H and O–H groups in total. The fourth-order valence-electron chi connectivity index (χ4n) is 1.89. The van der Waals surface area contributed by atoms with Gasteiger partial charge < -0.3 is 0 Å². The van der Waals surface area contributed by atoms with E-state index in [2.05, 4.69) is 15.5 Å². The van der Waals surface area contributed by atoms with E-state index in [0.29, 0.717) is 15.6 Å². The maximum Gasteiger partial charge on any atom is 0.263 e. The number of nitrogens with one attached hydrogen (secondary N) is 1. The summed E-state index contributed by atoms with van der Waals surface area (Å²) in [5.41, 5.74) is -0.00812. The summed E-state index contributed by atoms with van der Waals surface area (Å²) in [5, 5.41) is 11.1. The molecule has 0 radical (unpaired) electrons. The molecule has 8 heteroatoms. The van der Waals surface area contributed by atoms with Gasteiger partial charge in [0.2, 0.25) is 5.13 Å². The van der Waals surface area contributed by atoms with Crippen LogP contribution in [-0.2, 0) is 0 Å². The Bertz CT molecular complexity index is 864. The van der Waals surface area contributed by atoms with Gasteiger partial charge >= 0.3 is 0 Å². The summed E-state index contributed by atoms with van der Waals surface area (Å²) in [4.78, 5) is 12.0. The zero-order valence-electron chi connectivity index (χ0n) is 11.4. The van der Waals surface area contributed by atoms with E-state index in [0.717, 1.165) is 23.5 Å². The van der Waals surface area contributed by atoms with Crippen molar-refractivity contribution in [3.8, 4) is 10.6 Å². The number of rotatable bonds is 3. The summed E-state index contributed by atoms with van der Waals surface area (Å²) in [6, 6.07) is 10.2. The normalized spacial score (nSPS) is 10.6. The third kappa shape index (κ3) is 3.20. The van der Waals surface area contributed by atoms with E-state index in [1.807, 2.05) is 0 Å². The van der Waals surface area contributed by atoms with Gasteiger partial charge in [0.05, 0.1) is 5.02 Å². The maximum atomic E-state index is 13.6. The molecule has 0 atom stereocenters. The summed E-state index contributed by atoms with van der Waals surface area (Å²) in [7, 11) is 0. The summed E-state index contributed by atoms with van der Waals surface area (Å²) in [6.45, 7) is 0. The van der Waals surface area contributed by atoms with Gasteiger partial charge in [-0.25, -0.2) is 8.78 Å². The molecule has 116 valence electrons. The number of aromatic nitrogens is 2.